The normalized spacial score (nSPS) is 17.2. The van der Waals surface area contributed by atoms with Crippen molar-refractivity contribution in [3.05, 3.63) is 60.2 Å². The zero-order chi connectivity index (χ0) is 17.5. The van der Waals surface area contributed by atoms with E-state index >= 15 is 0 Å². The average Bonchev–Trinajstić information content (AvgIpc) is 3.11. The first kappa shape index (κ1) is 17.3. The Kier molecular flexibility index (Phi) is 5.90. The summed E-state index contributed by atoms with van der Waals surface area (Å²) < 4.78 is 5.23. The number of benzene rings is 2. The van der Waals surface area contributed by atoms with Gasteiger partial charge in [-0.3, -0.25) is 4.90 Å². The van der Waals surface area contributed by atoms with Crippen LogP contribution in [0.1, 0.15) is 24.4 Å². The van der Waals surface area contributed by atoms with Crippen molar-refractivity contribution in [3.63, 3.8) is 0 Å². The van der Waals surface area contributed by atoms with Crippen LogP contribution in [0.25, 0.3) is 0 Å². The molecule has 0 saturated carbocycles. The van der Waals surface area contributed by atoms with Crippen LogP contribution in [0.4, 0.5) is 10.5 Å². The van der Waals surface area contributed by atoms with E-state index in [0.717, 1.165) is 30.9 Å². The lowest BCUT2D eigenvalue weighted by Gasteiger charge is -2.25. The zero-order valence-electron chi connectivity index (χ0n) is 14.6. The maximum absolute atomic E-state index is 12.0. The highest BCUT2D eigenvalue weighted by Gasteiger charge is 2.25. The third-order valence-corrected chi connectivity index (χ3v) is 4.58. The molecule has 0 radical (unpaired) electrons. The molecule has 1 heterocycles. The minimum atomic E-state index is -0.161. The second-order valence-corrected chi connectivity index (χ2v) is 6.21. The summed E-state index contributed by atoms with van der Waals surface area (Å²) in [5, 5.41) is 5.78. The van der Waals surface area contributed by atoms with Crippen LogP contribution in [-0.2, 0) is 0 Å². The number of amides is 2. The summed E-state index contributed by atoms with van der Waals surface area (Å²) in [6.07, 6.45) is 2.34. The van der Waals surface area contributed by atoms with Crippen LogP contribution in [0.2, 0.25) is 0 Å². The molecule has 3 rings (SSSR count). The van der Waals surface area contributed by atoms with Crippen LogP contribution in [0, 0.1) is 0 Å². The Morgan fingerprint density at radius 2 is 1.92 bits per heavy atom. The Bertz CT molecular complexity index is 673. The van der Waals surface area contributed by atoms with E-state index in [9.17, 15) is 4.79 Å². The lowest BCUT2D eigenvalue weighted by atomic mass is 10.0. The van der Waals surface area contributed by atoms with Crippen LogP contribution < -0.4 is 15.4 Å². The van der Waals surface area contributed by atoms with Crippen molar-refractivity contribution in [2.24, 2.45) is 0 Å². The topological polar surface area (TPSA) is 53.6 Å². The molecule has 1 atom stereocenters. The molecule has 1 fully saturated rings. The van der Waals surface area contributed by atoms with Crippen molar-refractivity contribution >= 4 is 11.7 Å². The number of methoxy groups -OCH3 is 1. The Labute approximate surface area is 149 Å². The minimum Gasteiger partial charge on any atom is -0.497 e. The molecule has 2 aromatic carbocycles. The third-order valence-electron chi connectivity index (χ3n) is 4.58. The van der Waals surface area contributed by atoms with Gasteiger partial charge in [0.2, 0.25) is 0 Å². The van der Waals surface area contributed by atoms with Gasteiger partial charge in [0.05, 0.1) is 7.11 Å². The lowest BCUT2D eigenvalue weighted by Crippen LogP contribution is -2.36. The fourth-order valence-corrected chi connectivity index (χ4v) is 3.31. The monoisotopic (exact) mass is 339 g/mol. The SMILES string of the molecule is COc1ccc([C@H]2CCCN2CCNC(=O)Nc2ccccc2)cc1. The van der Waals surface area contributed by atoms with Gasteiger partial charge in [-0.25, -0.2) is 4.79 Å². The summed E-state index contributed by atoms with van der Waals surface area (Å²) in [6, 6.07) is 18.0. The largest absolute Gasteiger partial charge is 0.497 e. The van der Waals surface area contributed by atoms with E-state index in [4.69, 9.17) is 4.74 Å². The number of nitrogens with zero attached hydrogens (tertiary/aromatic N) is 1. The van der Waals surface area contributed by atoms with E-state index in [1.807, 2.05) is 42.5 Å². The van der Waals surface area contributed by atoms with Gasteiger partial charge in [-0.1, -0.05) is 30.3 Å². The third kappa shape index (κ3) is 4.73. The molecule has 0 unspecified atom stereocenters. The van der Waals surface area contributed by atoms with Crippen LogP contribution >= 0.6 is 0 Å². The van der Waals surface area contributed by atoms with Crippen LogP contribution in [-0.4, -0.2) is 37.7 Å². The number of carbonyl (C=O) groups excluding carboxylic acids is 1. The summed E-state index contributed by atoms with van der Waals surface area (Å²) in [6.45, 7) is 2.54. The van der Waals surface area contributed by atoms with Gasteiger partial charge < -0.3 is 15.4 Å². The van der Waals surface area contributed by atoms with Crippen molar-refractivity contribution in [1.29, 1.82) is 0 Å². The Balaban J connectivity index is 1.47. The number of likely N-dealkylation sites (tertiary alicyclic amines) is 1. The van der Waals surface area contributed by atoms with Gasteiger partial charge in [-0.05, 0) is 49.2 Å². The van der Waals surface area contributed by atoms with Crippen molar-refractivity contribution < 1.29 is 9.53 Å². The van der Waals surface area contributed by atoms with Gasteiger partial charge in [0.25, 0.3) is 0 Å². The van der Waals surface area contributed by atoms with E-state index in [1.54, 1.807) is 7.11 Å². The van der Waals surface area contributed by atoms with Gasteiger partial charge in [0, 0.05) is 24.8 Å². The maximum Gasteiger partial charge on any atom is 0.319 e. The standard InChI is InChI=1S/C20H25N3O2/c1-25-18-11-9-16(10-12-18)19-8-5-14-23(19)15-13-21-20(24)22-17-6-3-2-4-7-17/h2-4,6-7,9-12,19H,5,8,13-15H2,1H3,(H2,21,22,24)/t19-/m1/s1. The molecule has 1 aliphatic heterocycles. The second kappa shape index (κ2) is 8.53. The summed E-state index contributed by atoms with van der Waals surface area (Å²) in [7, 11) is 1.68. The summed E-state index contributed by atoms with van der Waals surface area (Å²) in [5.74, 6) is 0.882. The molecular formula is C20H25N3O2. The van der Waals surface area contributed by atoms with Crippen molar-refractivity contribution in [1.82, 2.24) is 10.2 Å². The highest BCUT2D eigenvalue weighted by molar-refractivity contribution is 5.89. The molecule has 2 amide bonds. The Morgan fingerprint density at radius 3 is 2.64 bits per heavy atom. The first-order valence-electron chi connectivity index (χ1n) is 8.74. The molecule has 5 nitrogen and oxygen atoms in total. The number of carbonyl (C=O) groups is 1. The molecule has 2 aromatic rings. The summed E-state index contributed by atoms with van der Waals surface area (Å²) in [4.78, 5) is 14.4. The van der Waals surface area contributed by atoms with E-state index in [1.165, 1.54) is 12.0 Å². The van der Waals surface area contributed by atoms with Crippen LogP contribution in [0.15, 0.2) is 54.6 Å². The molecule has 25 heavy (non-hydrogen) atoms. The molecule has 0 aliphatic carbocycles. The minimum absolute atomic E-state index is 0.161. The number of nitrogens with one attached hydrogen (secondary N) is 2. The number of rotatable bonds is 6. The van der Waals surface area contributed by atoms with Gasteiger partial charge in [0.15, 0.2) is 0 Å². The lowest BCUT2D eigenvalue weighted by molar-refractivity contribution is 0.240. The molecule has 5 heteroatoms. The van der Waals surface area contributed by atoms with E-state index in [2.05, 4.69) is 27.7 Å². The van der Waals surface area contributed by atoms with Gasteiger partial charge >= 0.3 is 6.03 Å². The molecule has 2 N–H and O–H groups in total. The fourth-order valence-electron chi connectivity index (χ4n) is 3.31. The zero-order valence-corrected chi connectivity index (χ0v) is 14.6. The maximum atomic E-state index is 12.0. The second-order valence-electron chi connectivity index (χ2n) is 6.21. The van der Waals surface area contributed by atoms with Crippen LogP contribution in [0.5, 0.6) is 5.75 Å². The highest BCUT2D eigenvalue weighted by Crippen LogP contribution is 2.32. The molecule has 0 spiro atoms. The van der Waals surface area contributed by atoms with Crippen LogP contribution in [0.3, 0.4) is 0 Å². The fraction of sp³-hybridized carbons (Fsp3) is 0.350. The molecule has 132 valence electrons. The number of hydrogen-bond donors (Lipinski definition) is 2. The first-order chi connectivity index (χ1) is 12.3. The summed E-state index contributed by atoms with van der Waals surface area (Å²) in [5.41, 5.74) is 2.12. The Morgan fingerprint density at radius 1 is 1.16 bits per heavy atom. The highest BCUT2D eigenvalue weighted by atomic mass is 16.5. The number of urea groups is 1. The molecule has 0 aromatic heterocycles. The van der Waals surface area contributed by atoms with E-state index in [0.29, 0.717) is 12.6 Å². The number of ether oxygens (including phenoxy) is 1. The first-order valence-corrected chi connectivity index (χ1v) is 8.74. The predicted octanol–water partition coefficient (Wildman–Crippen LogP) is 3.65. The van der Waals surface area contributed by atoms with Crippen molar-refractivity contribution in [2.75, 3.05) is 32.1 Å². The smallest absolute Gasteiger partial charge is 0.319 e. The van der Waals surface area contributed by atoms with Crippen molar-refractivity contribution in [2.45, 2.75) is 18.9 Å². The van der Waals surface area contributed by atoms with Gasteiger partial charge in [-0.2, -0.15) is 0 Å². The number of para-hydroxylation sites is 1. The van der Waals surface area contributed by atoms with Gasteiger partial charge in [-0.15, -0.1) is 0 Å². The Hall–Kier alpha value is -2.53. The van der Waals surface area contributed by atoms with E-state index < -0.39 is 0 Å². The molecule has 1 saturated heterocycles. The number of anilines is 1. The van der Waals surface area contributed by atoms with Crippen molar-refractivity contribution in [3.8, 4) is 5.75 Å². The number of hydrogen-bond acceptors (Lipinski definition) is 3. The molecular weight excluding hydrogens is 314 g/mol. The quantitative estimate of drug-likeness (QED) is 0.844. The summed E-state index contributed by atoms with van der Waals surface area (Å²) >= 11 is 0. The van der Waals surface area contributed by atoms with E-state index in [-0.39, 0.29) is 6.03 Å². The molecule has 0 bridgehead atoms. The predicted molar refractivity (Wildman–Crippen MR) is 100 cm³/mol. The average molecular weight is 339 g/mol. The van der Waals surface area contributed by atoms with Gasteiger partial charge in [0.1, 0.15) is 5.75 Å². The molecule has 1 aliphatic rings.